The van der Waals surface area contributed by atoms with Gasteiger partial charge in [-0.05, 0) is 40.8 Å². The van der Waals surface area contributed by atoms with Crippen molar-refractivity contribution in [1.29, 1.82) is 0 Å². The maximum Gasteiger partial charge on any atom is 0.386 e. The highest BCUT2D eigenvalue weighted by atomic mass is 16.6. The van der Waals surface area contributed by atoms with Gasteiger partial charge in [0.2, 0.25) is 0 Å². The van der Waals surface area contributed by atoms with Gasteiger partial charge in [-0.2, -0.15) is 0 Å². The summed E-state index contributed by atoms with van der Waals surface area (Å²) in [5, 5.41) is 13.8. The Bertz CT molecular complexity index is 375. The number of hydrogen-bond acceptors (Lipinski definition) is 4. The van der Waals surface area contributed by atoms with E-state index in [2.05, 4.69) is 17.2 Å². The average Bonchev–Trinajstić information content (AvgIpc) is 2.16. The number of anilines is 1. The monoisotopic (exact) mass is 207 g/mol. The number of nitrogens with zero attached hydrogens (tertiary/aromatic N) is 2. The molecule has 0 aromatic carbocycles. The smallest absolute Gasteiger partial charge is 0.375 e. The van der Waals surface area contributed by atoms with Gasteiger partial charge in [0.25, 0.3) is 0 Å². The molecule has 1 saturated carbocycles. The van der Waals surface area contributed by atoms with E-state index in [1.807, 2.05) is 0 Å². The maximum atomic E-state index is 10.7. The van der Waals surface area contributed by atoms with Crippen molar-refractivity contribution in [3.8, 4) is 0 Å². The molecule has 15 heavy (non-hydrogen) atoms. The Morgan fingerprint density at radius 1 is 1.60 bits per heavy atom. The van der Waals surface area contributed by atoms with Gasteiger partial charge in [-0.1, -0.05) is 6.92 Å². The Morgan fingerprint density at radius 2 is 2.33 bits per heavy atom. The van der Waals surface area contributed by atoms with Gasteiger partial charge in [-0.25, -0.2) is 0 Å². The zero-order valence-corrected chi connectivity index (χ0v) is 8.51. The number of nitro groups is 1. The van der Waals surface area contributed by atoms with Gasteiger partial charge < -0.3 is 15.4 Å². The zero-order valence-electron chi connectivity index (χ0n) is 8.51. The third-order valence-electron chi connectivity index (χ3n) is 2.69. The van der Waals surface area contributed by atoms with E-state index >= 15 is 0 Å². The molecule has 1 aromatic heterocycles. The summed E-state index contributed by atoms with van der Waals surface area (Å²) in [6.07, 6.45) is 3.59. The lowest BCUT2D eigenvalue weighted by Crippen LogP contribution is -2.34. The number of nitrogens with one attached hydrogen (secondary N) is 1. The van der Waals surface area contributed by atoms with E-state index in [-0.39, 0.29) is 5.82 Å². The predicted octanol–water partition coefficient (Wildman–Crippen LogP) is 2.20. The minimum atomic E-state index is -0.454. The van der Waals surface area contributed by atoms with Crippen molar-refractivity contribution in [3.05, 3.63) is 28.4 Å². The average molecular weight is 207 g/mol. The summed E-state index contributed by atoms with van der Waals surface area (Å²) in [6.45, 7) is 2.18. The molecule has 0 amide bonds. The van der Waals surface area contributed by atoms with Crippen molar-refractivity contribution in [3.63, 3.8) is 0 Å². The number of aromatic nitrogens is 1. The summed E-state index contributed by atoms with van der Waals surface area (Å²) in [5.74, 6) is 0.635. The van der Waals surface area contributed by atoms with Crippen LogP contribution in [-0.2, 0) is 0 Å². The third kappa shape index (κ3) is 2.06. The summed E-state index contributed by atoms with van der Waals surface area (Å²) in [7, 11) is 0. The molecule has 0 aliphatic heterocycles. The summed E-state index contributed by atoms with van der Waals surface area (Å²) >= 11 is 0. The Balaban J connectivity index is 2.10. The Kier molecular flexibility index (Phi) is 2.53. The van der Waals surface area contributed by atoms with E-state index in [0.29, 0.717) is 11.7 Å². The van der Waals surface area contributed by atoms with Crippen LogP contribution in [0, 0.1) is 16.0 Å². The van der Waals surface area contributed by atoms with Crippen LogP contribution in [0.4, 0.5) is 11.5 Å². The van der Waals surface area contributed by atoms with Gasteiger partial charge in [0, 0.05) is 6.04 Å². The number of hydrogen-bond donors (Lipinski definition) is 1. The quantitative estimate of drug-likeness (QED) is 0.609. The van der Waals surface area contributed by atoms with Crippen molar-refractivity contribution < 1.29 is 4.92 Å². The minimum absolute atomic E-state index is 0.0861. The van der Waals surface area contributed by atoms with Crippen molar-refractivity contribution in [1.82, 2.24) is 4.98 Å². The summed E-state index contributed by atoms with van der Waals surface area (Å²) in [5.41, 5.74) is 0.527. The highest BCUT2D eigenvalue weighted by molar-refractivity contribution is 5.57. The first kappa shape index (κ1) is 9.89. The first-order valence-corrected chi connectivity index (χ1v) is 5.02. The van der Waals surface area contributed by atoms with Crippen molar-refractivity contribution in [2.75, 3.05) is 5.32 Å². The van der Waals surface area contributed by atoms with Crippen LogP contribution in [-0.4, -0.2) is 15.9 Å². The van der Waals surface area contributed by atoms with E-state index in [1.165, 1.54) is 6.20 Å². The zero-order chi connectivity index (χ0) is 10.8. The van der Waals surface area contributed by atoms with E-state index in [4.69, 9.17) is 0 Å². The number of rotatable bonds is 3. The molecule has 1 heterocycles. The van der Waals surface area contributed by atoms with E-state index in [9.17, 15) is 10.1 Å². The topological polar surface area (TPSA) is 68.1 Å². The molecule has 0 spiro atoms. The Labute approximate surface area is 87.7 Å². The van der Waals surface area contributed by atoms with Crippen LogP contribution in [0.15, 0.2) is 18.3 Å². The predicted molar refractivity (Wildman–Crippen MR) is 56.7 cm³/mol. The van der Waals surface area contributed by atoms with Crippen LogP contribution in [0.3, 0.4) is 0 Å². The van der Waals surface area contributed by atoms with Crippen LogP contribution in [0.25, 0.3) is 0 Å². The van der Waals surface area contributed by atoms with Crippen molar-refractivity contribution in [2.24, 2.45) is 5.92 Å². The van der Waals surface area contributed by atoms with E-state index in [1.54, 1.807) is 12.1 Å². The van der Waals surface area contributed by atoms with Crippen LogP contribution in [0.5, 0.6) is 0 Å². The molecule has 0 bridgehead atoms. The molecule has 1 aliphatic carbocycles. The second-order valence-corrected chi connectivity index (χ2v) is 4.05. The van der Waals surface area contributed by atoms with Crippen molar-refractivity contribution in [2.45, 2.75) is 25.8 Å². The standard InChI is InChI=1S/C10H13N3O2/c1-7-5-8(6-7)12-9-3-2-4-11-10(9)13(14)15/h2-4,7-8,12H,5-6H2,1H3. The summed E-state index contributed by atoms with van der Waals surface area (Å²) in [4.78, 5) is 14.0. The first-order chi connectivity index (χ1) is 7.16. The summed E-state index contributed by atoms with van der Waals surface area (Å²) < 4.78 is 0. The lowest BCUT2D eigenvalue weighted by Gasteiger charge is -2.33. The molecule has 1 N–H and O–H groups in total. The van der Waals surface area contributed by atoms with Gasteiger partial charge in [0.05, 0.1) is 0 Å². The summed E-state index contributed by atoms with van der Waals surface area (Å²) in [6, 6.07) is 3.77. The number of pyridine rings is 1. The Morgan fingerprint density at radius 3 is 2.93 bits per heavy atom. The van der Waals surface area contributed by atoms with Crippen LogP contribution in [0.2, 0.25) is 0 Å². The molecule has 80 valence electrons. The van der Waals surface area contributed by atoms with E-state index < -0.39 is 4.92 Å². The molecule has 1 fully saturated rings. The lowest BCUT2D eigenvalue weighted by molar-refractivity contribution is -0.388. The molecule has 1 aliphatic rings. The van der Waals surface area contributed by atoms with Crippen LogP contribution in [0.1, 0.15) is 19.8 Å². The van der Waals surface area contributed by atoms with Crippen molar-refractivity contribution >= 4 is 11.5 Å². The van der Waals surface area contributed by atoms with Gasteiger partial charge in [-0.15, -0.1) is 0 Å². The normalized spacial score (nSPS) is 24.3. The van der Waals surface area contributed by atoms with Gasteiger partial charge in [-0.3, -0.25) is 0 Å². The second kappa shape index (κ2) is 3.84. The molecule has 2 rings (SSSR count). The largest absolute Gasteiger partial charge is 0.386 e. The van der Waals surface area contributed by atoms with Crippen LogP contribution >= 0.6 is 0 Å². The highest BCUT2D eigenvalue weighted by Crippen LogP contribution is 2.31. The molecule has 0 radical (unpaired) electrons. The first-order valence-electron chi connectivity index (χ1n) is 5.02. The molecular weight excluding hydrogens is 194 g/mol. The van der Waals surface area contributed by atoms with E-state index in [0.717, 1.165) is 18.8 Å². The molecule has 0 atom stereocenters. The van der Waals surface area contributed by atoms with Gasteiger partial charge in [0.15, 0.2) is 0 Å². The fraction of sp³-hybridized carbons (Fsp3) is 0.500. The van der Waals surface area contributed by atoms with Gasteiger partial charge in [0.1, 0.15) is 11.9 Å². The molecule has 5 nitrogen and oxygen atoms in total. The lowest BCUT2D eigenvalue weighted by atomic mass is 9.82. The highest BCUT2D eigenvalue weighted by Gasteiger charge is 2.27. The minimum Gasteiger partial charge on any atom is -0.375 e. The second-order valence-electron chi connectivity index (χ2n) is 4.05. The molecule has 0 saturated heterocycles. The molecule has 5 heteroatoms. The maximum absolute atomic E-state index is 10.7. The SMILES string of the molecule is CC1CC(Nc2cccnc2[N+](=O)[O-])C1. The van der Waals surface area contributed by atoms with Crippen LogP contribution < -0.4 is 5.32 Å². The third-order valence-corrected chi connectivity index (χ3v) is 2.69. The molecular formula is C10H13N3O2. The molecule has 0 unspecified atom stereocenters. The Hall–Kier alpha value is -1.65. The fourth-order valence-corrected chi connectivity index (χ4v) is 1.90. The fourth-order valence-electron chi connectivity index (χ4n) is 1.90. The molecule has 1 aromatic rings. The van der Waals surface area contributed by atoms with Gasteiger partial charge >= 0.3 is 5.82 Å².